The highest BCUT2D eigenvalue weighted by atomic mass is 127. The third-order valence-electron chi connectivity index (χ3n) is 3.75. The molecule has 0 aliphatic rings. The Balaban J connectivity index is 2.32. The predicted octanol–water partition coefficient (Wildman–Crippen LogP) is 3.96. The zero-order chi connectivity index (χ0) is 18.0. The van der Waals surface area contributed by atoms with Crippen molar-refractivity contribution in [2.75, 3.05) is 0 Å². The van der Waals surface area contributed by atoms with Crippen LogP contribution < -0.4 is 10.5 Å². The second kappa shape index (κ2) is 7.87. The number of hydrogen-bond donors (Lipinski definition) is 3. The molecule has 2 aromatic carbocycles. The van der Waals surface area contributed by atoms with E-state index in [1.54, 1.807) is 12.1 Å². The summed E-state index contributed by atoms with van der Waals surface area (Å²) in [6.07, 6.45) is 0.263. The van der Waals surface area contributed by atoms with Crippen molar-refractivity contribution in [1.29, 1.82) is 0 Å². The number of ether oxygens (including phenoxy) is 1. The Morgan fingerprint density at radius 3 is 2.33 bits per heavy atom. The molecule has 0 aliphatic carbocycles. The summed E-state index contributed by atoms with van der Waals surface area (Å²) in [7, 11) is 0. The normalized spacial score (nSPS) is 12.0. The van der Waals surface area contributed by atoms with Gasteiger partial charge in [0.2, 0.25) is 0 Å². The SMILES string of the molecule is Cc1c(O)ccc(Oc2c(I)cc(C[C@H](N)C(=O)O)cc2I)c1C. The van der Waals surface area contributed by atoms with E-state index in [2.05, 4.69) is 45.2 Å². The molecule has 0 amide bonds. The highest BCUT2D eigenvalue weighted by Gasteiger charge is 2.17. The van der Waals surface area contributed by atoms with Crippen LogP contribution >= 0.6 is 45.2 Å². The number of aliphatic carboxylic acids is 1. The molecule has 0 bridgehead atoms. The minimum atomic E-state index is -1.02. The van der Waals surface area contributed by atoms with Crippen LogP contribution in [0.15, 0.2) is 24.3 Å². The number of carboxylic acid groups (broad SMARTS) is 1. The Bertz CT molecular complexity index is 769. The van der Waals surface area contributed by atoms with Gasteiger partial charge in [-0.2, -0.15) is 0 Å². The number of benzene rings is 2. The molecule has 0 aliphatic heterocycles. The monoisotopic (exact) mass is 553 g/mol. The lowest BCUT2D eigenvalue weighted by Crippen LogP contribution is -2.32. The average molecular weight is 553 g/mol. The van der Waals surface area contributed by atoms with Gasteiger partial charge < -0.3 is 20.7 Å². The van der Waals surface area contributed by atoms with Gasteiger partial charge in [-0.1, -0.05) is 0 Å². The summed E-state index contributed by atoms with van der Waals surface area (Å²) in [4.78, 5) is 10.9. The fourth-order valence-corrected chi connectivity index (χ4v) is 4.29. The van der Waals surface area contributed by atoms with Gasteiger partial charge in [0.05, 0.1) is 7.14 Å². The van der Waals surface area contributed by atoms with E-state index in [9.17, 15) is 9.90 Å². The molecule has 24 heavy (non-hydrogen) atoms. The first-order chi connectivity index (χ1) is 11.2. The van der Waals surface area contributed by atoms with Crippen molar-refractivity contribution in [3.63, 3.8) is 0 Å². The maximum atomic E-state index is 10.9. The Hall–Kier alpha value is -1.07. The second-order valence-corrected chi connectivity index (χ2v) is 7.80. The number of hydrogen-bond acceptors (Lipinski definition) is 4. The van der Waals surface area contributed by atoms with Gasteiger partial charge in [-0.05, 0) is 106 Å². The number of carbonyl (C=O) groups is 1. The standard InChI is InChI=1S/C17H17I2NO4/c1-8-9(2)15(4-3-14(8)21)24-16-11(18)5-10(6-12(16)19)7-13(20)17(22)23/h3-6,13,21H,7,20H2,1-2H3,(H,22,23)/t13-/m0/s1. The zero-order valence-electron chi connectivity index (χ0n) is 13.1. The number of rotatable bonds is 5. The first kappa shape index (κ1) is 19.3. The van der Waals surface area contributed by atoms with Crippen molar-refractivity contribution in [2.24, 2.45) is 5.73 Å². The van der Waals surface area contributed by atoms with Crippen LogP contribution in [-0.4, -0.2) is 22.2 Å². The first-order valence-corrected chi connectivity index (χ1v) is 9.29. The fraction of sp³-hybridized carbons (Fsp3) is 0.235. The van der Waals surface area contributed by atoms with Crippen LogP contribution in [0.1, 0.15) is 16.7 Å². The summed E-state index contributed by atoms with van der Waals surface area (Å²) >= 11 is 4.32. The minimum Gasteiger partial charge on any atom is -0.508 e. The molecule has 0 aromatic heterocycles. The highest BCUT2D eigenvalue weighted by molar-refractivity contribution is 14.1. The molecule has 7 heteroatoms. The molecule has 1 atom stereocenters. The van der Waals surface area contributed by atoms with Crippen molar-refractivity contribution in [3.05, 3.63) is 48.1 Å². The highest BCUT2D eigenvalue weighted by Crippen LogP contribution is 2.36. The molecule has 0 saturated heterocycles. The van der Waals surface area contributed by atoms with E-state index in [-0.39, 0.29) is 12.2 Å². The van der Waals surface area contributed by atoms with Crippen LogP contribution in [-0.2, 0) is 11.2 Å². The maximum Gasteiger partial charge on any atom is 0.320 e. The molecular formula is C17H17I2NO4. The van der Waals surface area contributed by atoms with E-state index < -0.39 is 12.0 Å². The number of aromatic hydroxyl groups is 1. The number of phenols is 1. The summed E-state index contributed by atoms with van der Waals surface area (Å²) in [5, 5.41) is 18.7. The lowest BCUT2D eigenvalue weighted by Gasteiger charge is -2.16. The van der Waals surface area contributed by atoms with Crippen LogP contribution in [0, 0.1) is 21.0 Å². The van der Waals surface area contributed by atoms with Gasteiger partial charge in [0.1, 0.15) is 17.5 Å². The quantitative estimate of drug-likeness (QED) is 0.488. The van der Waals surface area contributed by atoms with Gasteiger partial charge in [0.25, 0.3) is 0 Å². The molecule has 0 saturated carbocycles. The van der Waals surface area contributed by atoms with Crippen molar-refractivity contribution >= 4 is 51.2 Å². The Morgan fingerprint density at radius 2 is 1.79 bits per heavy atom. The van der Waals surface area contributed by atoms with Crippen molar-refractivity contribution in [1.82, 2.24) is 0 Å². The Kier molecular flexibility index (Phi) is 6.32. The summed E-state index contributed by atoms with van der Waals surface area (Å²) < 4.78 is 7.79. The largest absolute Gasteiger partial charge is 0.508 e. The van der Waals surface area contributed by atoms with Crippen LogP contribution in [0.2, 0.25) is 0 Å². The van der Waals surface area contributed by atoms with Gasteiger partial charge in [0.15, 0.2) is 5.75 Å². The topological polar surface area (TPSA) is 92.8 Å². The molecule has 5 nitrogen and oxygen atoms in total. The number of carboxylic acids is 1. The van der Waals surface area contributed by atoms with E-state index in [1.165, 1.54) is 0 Å². The molecule has 0 heterocycles. The number of phenolic OH excluding ortho intramolecular Hbond substituents is 1. The second-order valence-electron chi connectivity index (χ2n) is 5.47. The van der Waals surface area contributed by atoms with Gasteiger partial charge in [0, 0.05) is 0 Å². The maximum absolute atomic E-state index is 10.9. The number of nitrogens with two attached hydrogens (primary N) is 1. The van der Waals surface area contributed by atoms with E-state index in [1.807, 2.05) is 26.0 Å². The van der Waals surface area contributed by atoms with Crippen LogP contribution in [0.5, 0.6) is 17.2 Å². The number of halogens is 2. The molecular weight excluding hydrogens is 536 g/mol. The molecule has 0 unspecified atom stereocenters. The summed E-state index contributed by atoms with van der Waals surface area (Å²) in [5.41, 5.74) is 8.11. The molecule has 0 fully saturated rings. The van der Waals surface area contributed by atoms with Gasteiger partial charge in [-0.3, -0.25) is 4.79 Å². The zero-order valence-corrected chi connectivity index (χ0v) is 17.5. The lowest BCUT2D eigenvalue weighted by atomic mass is 10.1. The molecule has 4 N–H and O–H groups in total. The Labute approximate surface area is 167 Å². The van der Waals surface area contributed by atoms with Crippen LogP contribution in [0.25, 0.3) is 0 Å². The first-order valence-electron chi connectivity index (χ1n) is 7.14. The van der Waals surface area contributed by atoms with Gasteiger partial charge >= 0.3 is 5.97 Å². The van der Waals surface area contributed by atoms with Gasteiger partial charge in [-0.25, -0.2) is 0 Å². The summed E-state index contributed by atoms with van der Waals surface area (Å²) in [6, 6.07) is 6.17. The molecule has 2 aromatic rings. The smallest absolute Gasteiger partial charge is 0.320 e. The van der Waals surface area contributed by atoms with E-state index >= 15 is 0 Å². The van der Waals surface area contributed by atoms with E-state index in [0.29, 0.717) is 11.5 Å². The van der Waals surface area contributed by atoms with E-state index in [0.717, 1.165) is 23.8 Å². The van der Waals surface area contributed by atoms with E-state index in [4.69, 9.17) is 15.6 Å². The Morgan fingerprint density at radius 1 is 1.21 bits per heavy atom. The minimum absolute atomic E-state index is 0.238. The average Bonchev–Trinajstić information content (AvgIpc) is 2.50. The van der Waals surface area contributed by atoms with Crippen molar-refractivity contribution in [2.45, 2.75) is 26.3 Å². The summed E-state index contributed by atoms with van der Waals surface area (Å²) in [6.45, 7) is 3.73. The van der Waals surface area contributed by atoms with Crippen molar-refractivity contribution in [3.8, 4) is 17.2 Å². The van der Waals surface area contributed by atoms with Crippen LogP contribution in [0.3, 0.4) is 0 Å². The predicted molar refractivity (Wildman–Crippen MR) is 109 cm³/mol. The summed E-state index contributed by atoms with van der Waals surface area (Å²) in [5.74, 6) is 0.603. The third kappa shape index (κ3) is 4.31. The van der Waals surface area contributed by atoms with Crippen molar-refractivity contribution < 1.29 is 19.7 Å². The molecule has 0 spiro atoms. The molecule has 2 rings (SSSR count). The molecule has 0 radical (unpaired) electrons. The lowest BCUT2D eigenvalue weighted by molar-refractivity contribution is -0.138. The molecule has 128 valence electrons. The fourth-order valence-electron chi connectivity index (χ4n) is 2.17. The van der Waals surface area contributed by atoms with Crippen LogP contribution in [0.4, 0.5) is 0 Å². The van der Waals surface area contributed by atoms with Gasteiger partial charge in [-0.15, -0.1) is 0 Å². The third-order valence-corrected chi connectivity index (χ3v) is 5.35.